The largest absolute Gasteiger partial charge is 0.444 e. The molecule has 0 aromatic heterocycles. The van der Waals surface area contributed by atoms with Gasteiger partial charge in [-0.25, -0.2) is 4.79 Å². The van der Waals surface area contributed by atoms with Crippen LogP contribution in [0.4, 0.5) is 4.79 Å². The first-order valence-corrected chi connectivity index (χ1v) is 6.10. The second-order valence-corrected chi connectivity index (χ2v) is 5.96. The van der Waals surface area contributed by atoms with Crippen molar-refractivity contribution in [2.45, 2.75) is 32.0 Å². The van der Waals surface area contributed by atoms with Crippen molar-refractivity contribution in [3.8, 4) is 0 Å². The molecule has 1 amide bonds. The van der Waals surface area contributed by atoms with E-state index < -0.39 is 5.60 Å². The van der Waals surface area contributed by atoms with Crippen LogP contribution in [0, 0.1) is 5.92 Å². The van der Waals surface area contributed by atoms with Gasteiger partial charge in [-0.2, -0.15) is 0 Å². The molecule has 2 aliphatic rings. The lowest BCUT2D eigenvalue weighted by atomic mass is 9.95. The zero-order valence-electron chi connectivity index (χ0n) is 11.1. The minimum Gasteiger partial charge on any atom is -0.444 e. The molecule has 0 aromatic rings. The summed E-state index contributed by atoms with van der Waals surface area (Å²) in [4.78, 5) is 13.7. The van der Waals surface area contributed by atoms with Crippen LogP contribution in [-0.2, 0) is 9.47 Å². The first kappa shape index (κ1) is 12.6. The fraction of sp³-hybridized carbons (Fsp3) is 0.917. The molecule has 0 saturated carbocycles. The third kappa shape index (κ3) is 2.40. The first-order valence-electron chi connectivity index (χ1n) is 6.10. The third-order valence-corrected chi connectivity index (χ3v) is 3.52. The number of methoxy groups -OCH3 is 1. The second kappa shape index (κ2) is 4.14. The van der Waals surface area contributed by atoms with Gasteiger partial charge in [-0.15, -0.1) is 0 Å². The number of likely N-dealkylation sites (tertiary alicyclic amines) is 1. The van der Waals surface area contributed by atoms with Crippen molar-refractivity contribution < 1.29 is 14.3 Å². The summed E-state index contributed by atoms with van der Waals surface area (Å²) in [6, 6.07) is 0. The monoisotopic (exact) mass is 242 g/mol. The Hall–Kier alpha value is -0.810. The van der Waals surface area contributed by atoms with Gasteiger partial charge in [0.1, 0.15) is 11.2 Å². The lowest BCUT2D eigenvalue weighted by Crippen LogP contribution is -2.43. The number of hydrogen-bond donors (Lipinski definition) is 1. The number of fused-ring (bicyclic) bond motifs is 1. The van der Waals surface area contributed by atoms with Crippen molar-refractivity contribution in [3.63, 3.8) is 0 Å². The molecule has 2 atom stereocenters. The van der Waals surface area contributed by atoms with E-state index in [4.69, 9.17) is 9.47 Å². The molecule has 17 heavy (non-hydrogen) atoms. The average Bonchev–Trinajstić information content (AvgIpc) is 2.70. The summed E-state index contributed by atoms with van der Waals surface area (Å²) in [6.45, 7) is 8.72. The maximum Gasteiger partial charge on any atom is 0.410 e. The minimum absolute atomic E-state index is 0.211. The lowest BCUT2D eigenvalue weighted by Gasteiger charge is -2.27. The minimum atomic E-state index is -0.437. The van der Waals surface area contributed by atoms with Crippen LogP contribution in [0.2, 0.25) is 0 Å². The van der Waals surface area contributed by atoms with Crippen LogP contribution in [-0.4, -0.2) is 55.5 Å². The van der Waals surface area contributed by atoms with Crippen LogP contribution in [0.25, 0.3) is 0 Å². The van der Waals surface area contributed by atoms with Gasteiger partial charge >= 0.3 is 6.09 Å². The van der Waals surface area contributed by atoms with E-state index in [-0.39, 0.29) is 11.7 Å². The summed E-state index contributed by atoms with van der Waals surface area (Å²) < 4.78 is 11.0. The molecule has 2 heterocycles. The predicted octanol–water partition coefficient (Wildman–Crippen LogP) is 0.842. The SMILES string of the molecule is CO[C@@]12CNCC1CN(C(=O)OC(C)(C)C)C2. The van der Waals surface area contributed by atoms with Crippen molar-refractivity contribution in [1.82, 2.24) is 10.2 Å². The van der Waals surface area contributed by atoms with Gasteiger partial charge in [0.05, 0.1) is 6.54 Å². The van der Waals surface area contributed by atoms with Crippen LogP contribution in [0.3, 0.4) is 0 Å². The highest BCUT2D eigenvalue weighted by molar-refractivity contribution is 5.69. The van der Waals surface area contributed by atoms with E-state index in [9.17, 15) is 4.79 Å². The number of amides is 1. The van der Waals surface area contributed by atoms with Crippen molar-refractivity contribution >= 4 is 6.09 Å². The molecular formula is C12H22N2O3. The maximum absolute atomic E-state index is 12.0. The standard InChI is InChI=1S/C12H22N2O3/c1-11(2,3)17-10(15)14-6-9-5-13-7-12(9,8-14)16-4/h9,13H,5-8H2,1-4H3/t9?,12-/m1/s1. The third-order valence-electron chi connectivity index (χ3n) is 3.52. The molecule has 1 N–H and O–H groups in total. The molecule has 1 unspecified atom stereocenters. The van der Waals surface area contributed by atoms with Crippen LogP contribution >= 0.6 is 0 Å². The summed E-state index contributed by atoms with van der Waals surface area (Å²) in [5, 5.41) is 3.32. The zero-order chi connectivity index (χ0) is 12.7. The molecule has 0 aliphatic carbocycles. The van der Waals surface area contributed by atoms with E-state index in [1.807, 2.05) is 20.8 Å². The Morgan fingerprint density at radius 3 is 2.71 bits per heavy atom. The van der Waals surface area contributed by atoms with Crippen LogP contribution < -0.4 is 5.32 Å². The van der Waals surface area contributed by atoms with E-state index in [2.05, 4.69) is 5.32 Å². The quantitative estimate of drug-likeness (QED) is 0.740. The molecule has 2 rings (SSSR count). The van der Waals surface area contributed by atoms with Crippen molar-refractivity contribution in [3.05, 3.63) is 0 Å². The first-order chi connectivity index (χ1) is 7.86. The molecular weight excluding hydrogens is 220 g/mol. The van der Waals surface area contributed by atoms with Gasteiger partial charge in [-0.1, -0.05) is 0 Å². The molecule has 98 valence electrons. The maximum atomic E-state index is 12.0. The van der Waals surface area contributed by atoms with Crippen LogP contribution in [0.5, 0.6) is 0 Å². The van der Waals surface area contributed by atoms with Crippen LogP contribution in [0.15, 0.2) is 0 Å². The molecule has 5 nitrogen and oxygen atoms in total. The lowest BCUT2D eigenvalue weighted by molar-refractivity contribution is -0.0112. The van der Waals surface area contributed by atoms with Gasteiger partial charge in [-0.3, -0.25) is 0 Å². The van der Waals surface area contributed by atoms with Crippen LogP contribution in [0.1, 0.15) is 20.8 Å². The van der Waals surface area contributed by atoms with Gasteiger partial charge in [0.2, 0.25) is 0 Å². The van der Waals surface area contributed by atoms with Crippen molar-refractivity contribution in [1.29, 1.82) is 0 Å². The molecule has 2 saturated heterocycles. The summed E-state index contributed by atoms with van der Waals surface area (Å²) >= 11 is 0. The van der Waals surface area contributed by atoms with Crippen molar-refractivity contribution in [2.24, 2.45) is 5.92 Å². The highest BCUT2D eigenvalue weighted by atomic mass is 16.6. The Balaban J connectivity index is 2.00. The van der Waals surface area contributed by atoms with E-state index in [1.54, 1.807) is 12.0 Å². The van der Waals surface area contributed by atoms with E-state index in [0.29, 0.717) is 12.5 Å². The zero-order valence-corrected chi connectivity index (χ0v) is 11.1. The summed E-state index contributed by atoms with van der Waals surface area (Å²) in [5.74, 6) is 0.375. The Labute approximate surface area is 102 Å². The van der Waals surface area contributed by atoms with E-state index in [1.165, 1.54) is 0 Å². The molecule has 5 heteroatoms. The highest BCUT2D eigenvalue weighted by Gasteiger charge is 2.52. The van der Waals surface area contributed by atoms with Gasteiger partial charge in [0.25, 0.3) is 0 Å². The smallest absolute Gasteiger partial charge is 0.410 e. The Bertz CT molecular complexity index is 313. The number of hydrogen-bond acceptors (Lipinski definition) is 4. The Morgan fingerprint density at radius 2 is 2.18 bits per heavy atom. The topological polar surface area (TPSA) is 50.8 Å². The van der Waals surface area contributed by atoms with Gasteiger partial charge in [-0.05, 0) is 20.8 Å². The Kier molecular flexibility index (Phi) is 3.08. The summed E-state index contributed by atoms with van der Waals surface area (Å²) in [5.41, 5.74) is -0.649. The fourth-order valence-corrected chi connectivity index (χ4v) is 2.63. The Morgan fingerprint density at radius 1 is 1.47 bits per heavy atom. The number of nitrogens with zero attached hydrogens (tertiary/aromatic N) is 1. The number of rotatable bonds is 1. The average molecular weight is 242 g/mol. The molecule has 0 aromatic carbocycles. The number of carbonyl (C=O) groups is 1. The van der Waals surface area contributed by atoms with Gasteiger partial charge in [0, 0.05) is 32.7 Å². The van der Waals surface area contributed by atoms with Gasteiger partial charge in [0.15, 0.2) is 0 Å². The number of ether oxygens (including phenoxy) is 2. The summed E-state index contributed by atoms with van der Waals surface area (Å²) in [7, 11) is 1.72. The molecule has 0 radical (unpaired) electrons. The molecule has 2 fully saturated rings. The second-order valence-electron chi connectivity index (χ2n) is 5.96. The molecule has 0 bridgehead atoms. The number of nitrogens with one attached hydrogen (secondary N) is 1. The van der Waals surface area contributed by atoms with Crippen molar-refractivity contribution in [2.75, 3.05) is 33.3 Å². The fourth-order valence-electron chi connectivity index (χ4n) is 2.63. The normalized spacial score (nSPS) is 32.7. The molecule has 0 spiro atoms. The number of carbonyl (C=O) groups excluding carboxylic acids is 1. The van der Waals surface area contributed by atoms with Gasteiger partial charge < -0.3 is 19.7 Å². The molecule has 2 aliphatic heterocycles. The highest BCUT2D eigenvalue weighted by Crippen LogP contribution is 2.34. The van der Waals surface area contributed by atoms with E-state index >= 15 is 0 Å². The summed E-state index contributed by atoms with van der Waals surface area (Å²) in [6.07, 6.45) is -0.233. The predicted molar refractivity (Wildman–Crippen MR) is 63.9 cm³/mol. The van der Waals surface area contributed by atoms with E-state index in [0.717, 1.165) is 19.6 Å².